The monoisotopic (exact) mass is 418 g/mol. The molecule has 6 nitrogen and oxygen atoms in total. The normalized spacial score (nSPS) is 18.8. The lowest BCUT2D eigenvalue weighted by atomic mass is 9.76. The number of nitrogens with zero attached hydrogens (tertiary/aromatic N) is 3. The van der Waals surface area contributed by atoms with Crippen LogP contribution < -0.4 is 10.2 Å². The molecule has 162 valence electrons. The molecule has 6 heteroatoms. The van der Waals surface area contributed by atoms with Crippen molar-refractivity contribution in [2.75, 3.05) is 42.9 Å². The van der Waals surface area contributed by atoms with Gasteiger partial charge in [0.2, 0.25) is 5.91 Å². The number of fused-ring (bicyclic) bond motifs is 2. The van der Waals surface area contributed by atoms with E-state index in [1.807, 2.05) is 18.2 Å². The Morgan fingerprint density at radius 3 is 2.71 bits per heavy atom. The highest BCUT2D eigenvalue weighted by molar-refractivity contribution is 5.96. The Morgan fingerprint density at radius 1 is 1.13 bits per heavy atom. The molecule has 3 heterocycles. The molecular weight excluding hydrogens is 388 g/mol. The summed E-state index contributed by atoms with van der Waals surface area (Å²) >= 11 is 0. The average molecular weight is 419 g/mol. The number of aromatic nitrogens is 1. The number of nitrogens with one attached hydrogen (secondary N) is 1. The molecule has 5 rings (SSSR count). The third-order valence-electron chi connectivity index (χ3n) is 6.74. The number of carbonyl (C=O) groups is 1. The molecule has 1 aromatic heterocycles. The van der Waals surface area contributed by atoms with E-state index in [4.69, 9.17) is 4.52 Å². The van der Waals surface area contributed by atoms with Crippen LogP contribution in [0.15, 0.2) is 40.9 Å². The van der Waals surface area contributed by atoms with Gasteiger partial charge in [-0.3, -0.25) is 9.69 Å². The van der Waals surface area contributed by atoms with Crippen LogP contribution in [-0.4, -0.2) is 48.7 Å². The molecule has 0 spiro atoms. The van der Waals surface area contributed by atoms with Crippen LogP contribution in [0.25, 0.3) is 11.0 Å². The van der Waals surface area contributed by atoms with E-state index in [0.717, 1.165) is 67.2 Å². The standard InChI is InChI=1S/C25H30N4O2/c1-17-14-18(15-20-23(17)26-22(30)16-25(20,2)3)8-9-28-10-12-29(13-11-28)24-19-6-4-5-7-21(19)31-27-24/h4-7,14-15H,8-13,16H2,1-3H3,(H,26,30). The minimum absolute atomic E-state index is 0.117. The van der Waals surface area contributed by atoms with Gasteiger partial charge in [0, 0.05) is 50.2 Å². The Labute approximate surface area is 183 Å². The molecule has 0 unspecified atom stereocenters. The number of carbonyl (C=O) groups excluding carboxylic acids is 1. The van der Waals surface area contributed by atoms with Gasteiger partial charge in [0.15, 0.2) is 11.4 Å². The molecule has 0 atom stereocenters. The minimum atomic E-state index is -0.121. The van der Waals surface area contributed by atoms with Crippen molar-refractivity contribution in [3.63, 3.8) is 0 Å². The molecule has 0 saturated carbocycles. The molecule has 1 N–H and O–H groups in total. The van der Waals surface area contributed by atoms with Crippen LogP contribution in [0.1, 0.15) is 37.0 Å². The number of benzene rings is 2. The van der Waals surface area contributed by atoms with Gasteiger partial charge in [-0.2, -0.15) is 0 Å². The molecule has 1 amide bonds. The summed E-state index contributed by atoms with van der Waals surface area (Å²) in [6, 6.07) is 12.6. The summed E-state index contributed by atoms with van der Waals surface area (Å²) in [6.45, 7) is 11.4. The Bertz CT molecular complexity index is 1130. The summed E-state index contributed by atoms with van der Waals surface area (Å²) in [6.07, 6.45) is 1.56. The van der Waals surface area contributed by atoms with E-state index < -0.39 is 0 Å². The van der Waals surface area contributed by atoms with Gasteiger partial charge in [0.1, 0.15) is 0 Å². The van der Waals surface area contributed by atoms with Crippen molar-refractivity contribution in [3.8, 4) is 0 Å². The van der Waals surface area contributed by atoms with Crippen LogP contribution in [0.3, 0.4) is 0 Å². The number of para-hydroxylation sites is 1. The van der Waals surface area contributed by atoms with Gasteiger partial charge in [-0.1, -0.05) is 43.3 Å². The fourth-order valence-corrected chi connectivity index (χ4v) is 4.96. The van der Waals surface area contributed by atoms with Crippen LogP contribution in [0.4, 0.5) is 11.5 Å². The second-order valence-corrected chi connectivity index (χ2v) is 9.53. The fraction of sp³-hybridized carbons (Fsp3) is 0.440. The van der Waals surface area contributed by atoms with Crippen molar-refractivity contribution in [2.45, 2.75) is 39.0 Å². The smallest absolute Gasteiger partial charge is 0.225 e. The predicted octanol–water partition coefficient (Wildman–Crippen LogP) is 4.12. The molecular formula is C25H30N4O2. The molecule has 0 radical (unpaired) electrons. The van der Waals surface area contributed by atoms with E-state index in [-0.39, 0.29) is 11.3 Å². The van der Waals surface area contributed by atoms with E-state index in [2.05, 4.69) is 59.2 Å². The van der Waals surface area contributed by atoms with Gasteiger partial charge in [-0.25, -0.2) is 0 Å². The van der Waals surface area contributed by atoms with Crippen LogP contribution >= 0.6 is 0 Å². The SMILES string of the molecule is Cc1cc(CCN2CCN(c3noc4ccccc34)CC2)cc2c1NC(=O)CC2(C)C. The van der Waals surface area contributed by atoms with Crippen molar-refractivity contribution in [3.05, 3.63) is 53.1 Å². The summed E-state index contributed by atoms with van der Waals surface area (Å²) in [5.41, 5.74) is 5.52. The minimum Gasteiger partial charge on any atom is -0.354 e. The fourth-order valence-electron chi connectivity index (χ4n) is 4.96. The van der Waals surface area contributed by atoms with Crippen LogP contribution in [0.2, 0.25) is 0 Å². The molecule has 0 aliphatic carbocycles. The second-order valence-electron chi connectivity index (χ2n) is 9.53. The van der Waals surface area contributed by atoms with Crippen molar-refractivity contribution in [2.24, 2.45) is 0 Å². The largest absolute Gasteiger partial charge is 0.354 e. The molecule has 31 heavy (non-hydrogen) atoms. The molecule has 1 saturated heterocycles. The highest BCUT2D eigenvalue weighted by Crippen LogP contribution is 2.39. The highest BCUT2D eigenvalue weighted by atomic mass is 16.5. The number of hydrogen-bond acceptors (Lipinski definition) is 5. The van der Waals surface area contributed by atoms with Crippen molar-refractivity contribution < 1.29 is 9.32 Å². The summed E-state index contributed by atoms with van der Waals surface area (Å²) in [5.74, 6) is 1.08. The average Bonchev–Trinajstić information content (AvgIpc) is 3.17. The van der Waals surface area contributed by atoms with E-state index in [1.54, 1.807) is 0 Å². The maximum atomic E-state index is 12.1. The molecule has 1 fully saturated rings. The van der Waals surface area contributed by atoms with Gasteiger partial charge in [-0.05, 0) is 42.2 Å². The number of piperazine rings is 1. The summed E-state index contributed by atoms with van der Waals surface area (Å²) in [4.78, 5) is 16.9. The molecule has 2 aromatic carbocycles. The van der Waals surface area contributed by atoms with Crippen molar-refractivity contribution >= 4 is 28.4 Å². The summed E-state index contributed by atoms with van der Waals surface area (Å²) in [7, 11) is 0. The first-order valence-electron chi connectivity index (χ1n) is 11.2. The Kier molecular flexibility index (Phi) is 4.97. The first kappa shape index (κ1) is 20.1. The quantitative estimate of drug-likeness (QED) is 0.691. The van der Waals surface area contributed by atoms with E-state index in [1.165, 1.54) is 11.1 Å². The maximum Gasteiger partial charge on any atom is 0.225 e. The third kappa shape index (κ3) is 3.81. The Morgan fingerprint density at radius 2 is 1.90 bits per heavy atom. The van der Waals surface area contributed by atoms with Gasteiger partial charge < -0.3 is 14.7 Å². The number of amides is 1. The van der Waals surface area contributed by atoms with Crippen molar-refractivity contribution in [1.29, 1.82) is 0 Å². The van der Waals surface area contributed by atoms with Crippen LogP contribution in [-0.2, 0) is 16.6 Å². The number of aryl methyl sites for hydroxylation is 1. The zero-order valence-corrected chi connectivity index (χ0v) is 18.6. The van der Waals surface area contributed by atoms with Crippen LogP contribution in [0.5, 0.6) is 0 Å². The third-order valence-corrected chi connectivity index (χ3v) is 6.74. The van der Waals surface area contributed by atoms with Crippen molar-refractivity contribution in [1.82, 2.24) is 10.1 Å². The maximum absolute atomic E-state index is 12.1. The zero-order valence-electron chi connectivity index (χ0n) is 18.6. The first-order chi connectivity index (χ1) is 14.9. The lowest BCUT2D eigenvalue weighted by Gasteiger charge is -2.35. The molecule has 0 bridgehead atoms. The van der Waals surface area contributed by atoms with Gasteiger partial charge in [0.05, 0.1) is 5.39 Å². The Hall–Kier alpha value is -2.86. The van der Waals surface area contributed by atoms with Gasteiger partial charge in [0.25, 0.3) is 0 Å². The summed E-state index contributed by atoms with van der Waals surface area (Å²) in [5, 5.41) is 8.48. The topological polar surface area (TPSA) is 61.6 Å². The second kappa shape index (κ2) is 7.68. The van der Waals surface area contributed by atoms with Gasteiger partial charge in [-0.15, -0.1) is 0 Å². The number of anilines is 2. The highest BCUT2D eigenvalue weighted by Gasteiger charge is 2.33. The van der Waals surface area contributed by atoms with Crippen LogP contribution in [0, 0.1) is 6.92 Å². The zero-order chi connectivity index (χ0) is 21.6. The Balaban J connectivity index is 1.23. The molecule has 2 aliphatic rings. The predicted molar refractivity (Wildman–Crippen MR) is 124 cm³/mol. The lowest BCUT2D eigenvalue weighted by molar-refractivity contribution is -0.117. The van der Waals surface area contributed by atoms with E-state index in [0.29, 0.717) is 6.42 Å². The van der Waals surface area contributed by atoms with Gasteiger partial charge >= 0.3 is 0 Å². The first-order valence-corrected chi connectivity index (χ1v) is 11.2. The van der Waals surface area contributed by atoms with E-state index >= 15 is 0 Å². The molecule has 2 aliphatic heterocycles. The summed E-state index contributed by atoms with van der Waals surface area (Å²) < 4.78 is 5.48. The number of rotatable bonds is 4. The number of hydrogen-bond donors (Lipinski definition) is 1. The lowest BCUT2D eigenvalue weighted by Crippen LogP contribution is -2.47. The van der Waals surface area contributed by atoms with E-state index in [9.17, 15) is 4.79 Å². The molecule has 3 aromatic rings.